The number of para-hydroxylation sites is 1. The Labute approximate surface area is 172 Å². The highest BCUT2D eigenvalue weighted by Crippen LogP contribution is 2.36. The van der Waals surface area contributed by atoms with Crippen LogP contribution in [0.15, 0.2) is 94.0 Å². The van der Waals surface area contributed by atoms with Gasteiger partial charge < -0.3 is 10.6 Å². The van der Waals surface area contributed by atoms with Crippen LogP contribution in [0.2, 0.25) is 0 Å². The molecule has 144 valence electrons. The molecule has 29 heavy (non-hydrogen) atoms. The summed E-state index contributed by atoms with van der Waals surface area (Å²) in [4.78, 5) is 25.6. The van der Waals surface area contributed by atoms with Crippen molar-refractivity contribution in [3.63, 3.8) is 0 Å². The number of benzene rings is 3. The molecule has 0 radical (unpaired) electrons. The molecule has 0 fully saturated rings. The molecule has 2 N–H and O–H groups in total. The Morgan fingerprint density at radius 3 is 2.31 bits per heavy atom. The summed E-state index contributed by atoms with van der Waals surface area (Å²) in [7, 11) is 0. The average Bonchev–Trinajstić information content (AvgIpc) is 2.74. The number of rotatable bonds is 5. The van der Waals surface area contributed by atoms with Gasteiger partial charge in [0.2, 0.25) is 11.8 Å². The molecule has 1 unspecified atom stereocenters. The maximum atomic E-state index is 12.4. The van der Waals surface area contributed by atoms with E-state index in [1.165, 1.54) is 11.8 Å². The Kier molecular flexibility index (Phi) is 5.67. The topological polar surface area (TPSA) is 82.9 Å². The van der Waals surface area contributed by atoms with E-state index in [9.17, 15) is 9.59 Å². The van der Waals surface area contributed by atoms with Gasteiger partial charge in [0.05, 0.1) is 22.3 Å². The summed E-state index contributed by atoms with van der Waals surface area (Å²) in [6.07, 6.45) is 0.0975. The Hall–Kier alpha value is -3.45. The minimum Gasteiger partial charge on any atom is -0.326 e. The number of nitrogens with one attached hydrogen (secondary N) is 2. The summed E-state index contributed by atoms with van der Waals surface area (Å²) >= 11 is 1.41. The van der Waals surface area contributed by atoms with Crippen LogP contribution in [-0.4, -0.2) is 17.1 Å². The van der Waals surface area contributed by atoms with Crippen molar-refractivity contribution in [2.45, 2.75) is 16.6 Å². The zero-order chi connectivity index (χ0) is 20.1. The van der Waals surface area contributed by atoms with E-state index < -0.39 is 5.25 Å². The van der Waals surface area contributed by atoms with Gasteiger partial charge in [0, 0.05) is 17.0 Å². The van der Waals surface area contributed by atoms with Crippen LogP contribution in [0, 0.1) is 0 Å². The van der Waals surface area contributed by atoms with Crippen molar-refractivity contribution in [3.8, 4) is 0 Å². The summed E-state index contributed by atoms with van der Waals surface area (Å²) in [5.74, 6) is -0.365. The fourth-order valence-corrected chi connectivity index (χ4v) is 3.94. The maximum Gasteiger partial charge on any atom is 0.238 e. The van der Waals surface area contributed by atoms with Gasteiger partial charge in [0.1, 0.15) is 0 Å². The number of nitrogens with zero attached hydrogens (tertiary/aromatic N) is 2. The van der Waals surface area contributed by atoms with Crippen LogP contribution in [-0.2, 0) is 9.59 Å². The van der Waals surface area contributed by atoms with Gasteiger partial charge in [-0.05, 0) is 48.5 Å². The third kappa shape index (κ3) is 4.89. The molecule has 1 heterocycles. The molecule has 1 aliphatic rings. The van der Waals surface area contributed by atoms with E-state index in [2.05, 4.69) is 20.9 Å². The van der Waals surface area contributed by atoms with E-state index in [1.807, 2.05) is 54.6 Å². The minimum absolute atomic E-state index is 0.0975. The lowest BCUT2D eigenvalue weighted by molar-refractivity contribution is -0.120. The molecule has 0 bridgehead atoms. The first-order chi connectivity index (χ1) is 14.2. The van der Waals surface area contributed by atoms with E-state index in [0.29, 0.717) is 11.4 Å². The van der Waals surface area contributed by atoms with Crippen LogP contribution >= 0.6 is 11.8 Å². The number of thioether (sulfide) groups is 1. The van der Waals surface area contributed by atoms with Gasteiger partial charge in [-0.15, -0.1) is 11.8 Å². The second-order valence-electron chi connectivity index (χ2n) is 6.43. The molecule has 0 aliphatic carbocycles. The molecule has 0 spiro atoms. The predicted octanol–water partition coefficient (Wildman–Crippen LogP) is 5.54. The van der Waals surface area contributed by atoms with E-state index in [4.69, 9.17) is 0 Å². The molecule has 0 saturated heterocycles. The smallest absolute Gasteiger partial charge is 0.238 e. The molecule has 4 rings (SSSR count). The zero-order valence-corrected chi connectivity index (χ0v) is 16.2. The highest BCUT2D eigenvalue weighted by atomic mass is 32.2. The molecule has 2 amide bonds. The number of fused-ring (bicyclic) bond motifs is 1. The molecule has 0 aromatic heterocycles. The summed E-state index contributed by atoms with van der Waals surface area (Å²) in [6.45, 7) is 0. The Balaban J connectivity index is 1.34. The van der Waals surface area contributed by atoms with Gasteiger partial charge in [-0.3, -0.25) is 9.59 Å². The SMILES string of the molecule is O=C(CC1Sc2ccccc2NC1=O)Nc1ccc(N=Nc2ccccc2)cc1. The van der Waals surface area contributed by atoms with E-state index in [1.54, 1.807) is 24.3 Å². The van der Waals surface area contributed by atoms with Gasteiger partial charge in [-0.1, -0.05) is 30.3 Å². The lowest BCUT2D eigenvalue weighted by Gasteiger charge is -2.23. The molecule has 3 aromatic carbocycles. The quantitative estimate of drug-likeness (QED) is 0.549. The normalized spacial score (nSPS) is 15.6. The Morgan fingerprint density at radius 1 is 0.897 bits per heavy atom. The monoisotopic (exact) mass is 402 g/mol. The highest BCUT2D eigenvalue weighted by molar-refractivity contribution is 8.01. The van der Waals surface area contributed by atoms with Gasteiger partial charge >= 0.3 is 0 Å². The van der Waals surface area contributed by atoms with Crippen LogP contribution in [0.25, 0.3) is 0 Å². The number of amides is 2. The summed E-state index contributed by atoms with van der Waals surface area (Å²) < 4.78 is 0. The lowest BCUT2D eigenvalue weighted by atomic mass is 10.2. The molecular weight excluding hydrogens is 384 g/mol. The van der Waals surface area contributed by atoms with Crippen molar-refractivity contribution in [2.24, 2.45) is 10.2 Å². The van der Waals surface area contributed by atoms with Crippen molar-refractivity contribution in [2.75, 3.05) is 10.6 Å². The zero-order valence-electron chi connectivity index (χ0n) is 15.4. The summed E-state index contributed by atoms with van der Waals surface area (Å²) in [5, 5.41) is 13.6. The summed E-state index contributed by atoms with van der Waals surface area (Å²) in [6, 6.07) is 24.1. The minimum atomic E-state index is -0.455. The molecule has 1 aliphatic heterocycles. The van der Waals surface area contributed by atoms with E-state index >= 15 is 0 Å². The second-order valence-corrected chi connectivity index (χ2v) is 7.67. The second kappa shape index (κ2) is 8.70. The van der Waals surface area contributed by atoms with Gasteiger partial charge in [0.25, 0.3) is 0 Å². The molecule has 3 aromatic rings. The van der Waals surface area contributed by atoms with Crippen molar-refractivity contribution < 1.29 is 9.59 Å². The number of hydrogen-bond acceptors (Lipinski definition) is 5. The largest absolute Gasteiger partial charge is 0.326 e. The van der Waals surface area contributed by atoms with Crippen LogP contribution in [0.1, 0.15) is 6.42 Å². The number of azo groups is 1. The first-order valence-electron chi connectivity index (χ1n) is 9.11. The Bertz CT molecular complexity index is 1050. The predicted molar refractivity (Wildman–Crippen MR) is 115 cm³/mol. The van der Waals surface area contributed by atoms with Crippen LogP contribution in [0.4, 0.5) is 22.7 Å². The maximum absolute atomic E-state index is 12.4. The van der Waals surface area contributed by atoms with Crippen molar-refractivity contribution in [3.05, 3.63) is 78.9 Å². The van der Waals surface area contributed by atoms with E-state index in [0.717, 1.165) is 16.3 Å². The fourth-order valence-electron chi connectivity index (χ4n) is 2.83. The molecule has 6 nitrogen and oxygen atoms in total. The van der Waals surface area contributed by atoms with Crippen LogP contribution < -0.4 is 10.6 Å². The Morgan fingerprint density at radius 2 is 1.55 bits per heavy atom. The third-order valence-electron chi connectivity index (χ3n) is 4.27. The van der Waals surface area contributed by atoms with Gasteiger partial charge in [-0.2, -0.15) is 10.2 Å². The van der Waals surface area contributed by atoms with Crippen LogP contribution in [0.3, 0.4) is 0 Å². The number of hydrogen-bond donors (Lipinski definition) is 2. The molecular formula is C22H18N4O2S. The van der Waals surface area contributed by atoms with Gasteiger partial charge in [0.15, 0.2) is 0 Å². The summed E-state index contributed by atoms with van der Waals surface area (Å²) in [5.41, 5.74) is 2.90. The first-order valence-corrected chi connectivity index (χ1v) is 9.98. The lowest BCUT2D eigenvalue weighted by Crippen LogP contribution is -2.32. The third-order valence-corrected chi connectivity index (χ3v) is 5.54. The van der Waals surface area contributed by atoms with Gasteiger partial charge in [-0.25, -0.2) is 0 Å². The fraction of sp³-hybridized carbons (Fsp3) is 0.0909. The molecule has 0 saturated carbocycles. The number of carbonyl (C=O) groups excluding carboxylic acids is 2. The van der Waals surface area contributed by atoms with Crippen molar-refractivity contribution in [1.29, 1.82) is 0 Å². The first kappa shape index (κ1) is 18.9. The standard InChI is InChI=1S/C22H18N4O2S/c27-21(14-20-22(28)24-18-8-4-5-9-19(18)29-20)23-15-10-12-17(13-11-15)26-25-16-6-2-1-3-7-16/h1-13,20H,14H2,(H,23,27)(H,24,28). The van der Waals surface area contributed by atoms with E-state index in [-0.39, 0.29) is 18.2 Å². The van der Waals surface area contributed by atoms with Crippen LogP contribution in [0.5, 0.6) is 0 Å². The van der Waals surface area contributed by atoms with Crippen molar-refractivity contribution >= 4 is 46.3 Å². The van der Waals surface area contributed by atoms with Crippen molar-refractivity contribution in [1.82, 2.24) is 0 Å². The molecule has 1 atom stereocenters. The average molecular weight is 402 g/mol. The highest BCUT2D eigenvalue weighted by Gasteiger charge is 2.28. The number of anilines is 2. The number of carbonyl (C=O) groups is 2. The molecule has 7 heteroatoms.